The van der Waals surface area contributed by atoms with Crippen molar-refractivity contribution in [2.75, 3.05) is 6.61 Å². The van der Waals surface area contributed by atoms with Crippen LogP contribution in [0.5, 0.6) is 0 Å². The van der Waals surface area contributed by atoms with Gasteiger partial charge in [0.2, 0.25) is 0 Å². The third-order valence-corrected chi connectivity index (χ3v) is 3.91. The molecule has 5 heteroatoms. The molecule has 0 aromatic heterocycles. The van der Waals surface area contributed by atoms with Crippen molar-refractivity contribution < 1.29 is 23.1 Å². The molecular weight excluding hydrogens is 302 g/mol. The molecule has 0 radical (unpaired) electrons. The molecule has 0 saturated carbocycles. The lowest BCUT2D eigenvalue weighted by atomic mass is 10.0. The minimum Gasteiger partial charge on any atom is -0.454 e. The number of ketones is 1. The van der Waals surface area contributed by atoms with Crippen LogP contribution in [0, 0.1) is 11.6 Å². The normalized spacial score (nSPS) is 12.8. The Hall–Kier alpha value is -2.56. The van der Waals surface area contributed by atoms with E-state index in [0.29, 0.717) is 11.6 Å². The van der Waals surface area contributed by atoms with Gasteiger partial charge in [-0.15, -0.1) is 0 Å². The maximum absolute atomic E-state index is 13.5. The Kier molecular flexibility index (Phi) is 4.19. The van der Waals surface area contributed by atoms with Gasteiger partial charge in [-0.3, -0.25) is 4.79 Å². The summed E-state index contributed by atoms with van der Waals surface area (Å²) in [5, 5.41) is 0. The second-order valence-electron chi connectivity index (χ2n) is 5.46. The van der Waals surface area contributed by atoms with E-state index >= 15 is 0 Å². The van der Waals surface area contributed by atoms with Crippen LogP contribution in [0.15, 0.2) is 36.4 Å². The van der Waals surface area contributed by atoms with Crippen molar-refractivity contribution in [3.05, 3.63) is 70.3 Å². The van der Waals surface area contributed by atoms with E-state index in [4.69, 9.17) is 4.74 Å². The zero-order chi connectivity index (χ0) is 16.4. The van der Waals surface area contributed by atoms with E-state index < -0.39 is 29.8 Å². The van der Waals surface area contributed by atoms with Gasteiger partial charge in [-0.2, -0.15) is 0 Å². The Labute approximate surface area is 131 Å². The quantitative estimate of drug-likeness (QED) is 0.640. The molecule has 1 aliphatic carbocycles. The highest BCUT2D eigenvalue weighted by Gasteiger charge is 2.18. The summed E-state index contributed by atoms with van der Waals surface area (Å²) in [7, 11) is 0. The number of ether oxygens (including phenoxy) is 1. The predicted octanol–water partition coefficient (Wildman–Crippen LogP) is 3.49. The van der Waals surface area contributed by atoms with Gasteiger partial charge in [-0.05, 0) is 48.6 Å². The van der Waals surface area contributed by atoms with E-state index in [0.717, 1.165) is 37.0 Å². The number of halogens is 2. The molecule has 2 aromatic rings. The maximum atomic E-state index is 13.5. The Balaban J connectivity index is 1.65. The monoisotopic (exact) mass is 316 g/mol. The Bertz CT molecular complexity index is 784. The third kappa shape index (κ3) is 3.28. The standard InChI is InChI=1S/C18H14F2O3/c19-14-6-7-15(16(20)9-14)18(22)23-10-17(21)13-5-4-11-2-1-3-12(11)8-13/h4-9H,1-3,10H2. The lowest BCUT2D eigenvalue weighted by Crippen LogP contribution is -2.15. The van der Waals surface area contributed by atoms with Crippen LogP contribution in [-0.4, -0.2) is 18.4 Å². The van der Waals surface area contributed by atoms with Gasteiger partial charge in [0.1, 0.15) is 11.6 Å². The highest BCUT2D eigenvalue weighted by Crippen LogP contribution is 2.23. The largest absolute Gasteiger partial charge is 0.454 e. The maximum Gasteiger partial charge on any atom is 0.341 e. The summed E-state index contributed by atoms with van der Waals surface area (Å²) in [5.74, 6) is -3.14. The highest BCUT2D eigenvalue weighted by molar-refractivity contribution is 5.99. The molecule has 23 heavy (non-hydrogen) atoms. The van der Waals surface area contributed by atoms with E-state index in [1.165, 1.54) is 5.56 Å². The Morgan fingerprint density at radius 2 is 1.78 bits per heavy atom. The zero-order valence-corrected chi connectivity index (χ0v) is 12.3. The average molecular weight is 316 g/mol. The summed E-state index contributed by atoms with van der Waals surface area (Å²) in [6.07, 6.45) is 3.03. The highest BCUT2D eigenvalue weighted by atomic mass is 19.1. The number of carbonyl (C=O) groups is 2. The van der Waals surface area contributed by atoms with Crippen molar-refractivity contribution in [2.45, 2.75) is 19.3 Å². The molecular formula is C18H14F2O3. The van der Waals surface area contributed by atoms with Crippen molar-refractivity contribution >= 4 is 11.8 Å². The Morgan fingerprint density at radius 1 is 1.00 bits per heavy atom. The van der Waals surface area contributed by atoms with Gasteiger partial charge in [-0.25, -0.2) is 13.6 Å². The van der Waals surface area contributed by atoms with Crippen molar-refractivity contribution in [2.24, 2.45) is 0 Å². The molecule has 118 valence electrons. The Morgan fingerprint density at radius 3 is 2.57 bits per heavy atom. The molecule has 1 aliphatic rings. The van der Waals surface area contributed by atoms with Crippen LogP contribution >= 0.6 is 0 Å². The van der Waals surface area contributed by atoms with Gasteiger partial charge in [0, 0.05) is 11.6 Å². The molecule has 0 saturated heterocycles. The third-order valence-electron chi connectivity index (χ3n) is 3.91. The lowest BCUT2D eigenvalue weighted by Gasteiger charge is -2.07. The van der Waals surface area contributed by atoms with Crippen LogP contribution in [0.4, 0.5) is 8.78 Å². The van der Waals surface area contributed by atoms with Gasteiger partial charge < -0.3 is 4.74 Å². The smallest absolute Gasteiger partial charge is 0.341 e. The molecule has 2 aromatic carbocycles. The number of rotatable bonds is 4. The molecule has 0 atom stereocenters. The first kappa shape index (κ1) is 15.3. The average Bonchev–Trinajstić information content (AvgIpc) is 2.99. The summed E-state index contributed by atoms with van der Waals surface area (Å²) < 4.78 is 31.1. The molecule has 0 bridgehead atoms. The number of hydrogen-bond donors (Lipinski definition) is 0. The fraction of sp³-hybridized carbons (Fsp3) is 0.222. The second kappa shape index (κ2) is 6.28. The van der Waals surface area contributed by atoms with Crippen LogP contribution in [0.2, 0.25) is 0 Å². The van der Waals surface area contributed by atoms with Crippen LogP contribution < -0.4 is 0 Å². The van der Waals surface area contributed by atoms with E-state index in [2.05, 4.69) is 0 Å². The van der Waals surface area contributed by atoms with Crippen molar-refractivity contribution in [1.29, 1.82) is 0 Å². The zero-order valence-electron chi connectivity index (χ0n) is 12.3. The topological polar surface area (TPSA) is 43.4 Å². The molecule has 3 rings (SSSR count). The number of Topliss-reactive ketones (excluding diaryl/α,β-unsaturated/α-hetero) is 1. The number of fused-ring (bicyclic) bond motifs is 1. The van der Waals surface area contributed by atoms with E-state index in [1.807, 2.05) is 12.1 Å². The number of benzene rings is 2. The SMILES string of the molecule is O=C(COC(=O)c1ccc(F)cc1F)c1ccc2c(c1)CCC2. The minimum atomic E-state index is -1.01. The van der Waals surface area contributed by atoms with Gasteiger partial charge in [0.25, 0.3) is 0 Å². The minimum absolute atomic E-state index is 0.351. The number of aryl methyl sites for hydroxylation is 2. The summed E-state index contributed by atoms with van der Waals surface area (Å²) in [4.78, 5) is 23.9. The van der Waals surface area contributed by atoms with Crippen molar-refractivity contribution in [1.82, 2.24) is 0 Å². The molecule has 3 nitrogen and oxygen atoms in total. The van der Waals surface area contributed by atoms with Gasteiger partial charge in [0.05, 0.1) is 5.56 Å². The number of hydrogen-bond acceptors (Lipinski definition) is 3. The van der Waals surface area contributed by atoms with E-state index in [9.17, 15) is 18.4 Å². The van der Waals surface area contributed by atoms with Gasteiger partial charge in [0.15, 0.2) is 12.4 Å². The lowest BCUT2D eigenvalue weighted by molar-refractivity contribution is 0.0470. The van der Waals surface area contributed by atoms with Gasteiger partial charge >= 0.3 is 5.97 Å². The predicted molar refractivity (Wildman–Crippen MR) is 79.4 cm³/mol. The second-order valence-corrected chi connectivity index (χ2v) is 5.46. The van der Waals surface area contributed by atoms with Crippen molar-refractivity contribution in [3.8, 4) is 0 Å². The number of esters is 1. The summed E-state index contributed by atoms with van der Waals surface area (Å²) in [6, 6.07) is 7.99. The van der Waals surface area contributed by atoms with Crippen LogP contribution in [0.1, 0.15) is 38.3 Å². The first-order valence-electron chi connectivity index (χ1n) is 7.32. The molecule has 0 aliphatic heterocycles. The molecule has 0 N–H and O–H groups in total. The van der Waals surface area contributed by atoms with Crippen molar-refractivity contribution in [3.63, 3.8) is 0 Å². The van der Waals surface area contributed by atoms with Gasteiger partial charge in [-0.1, -0.05) is 12.1 Å². The summed E-state index contributed by atoms with van der Waals surface area (Å²) >= 11 is 0. The molecule has 0 fully saturated rings. The van der Waals surface area contributed by atoms with Crippen LogP contribution in [0.3, 0.4) is 0 Å². The first-order chi connectivity index (χ1) is 11.0. The number of carbonyl (C=O) groups excluding carboxylic acids is 2. The molecule has 0 heterocycles. The fourth-order valence-corrected chi connectivity index (χ4v) is 2.69. The first-order valence-corrected chi connectivity index (χ1v) is 7.32. The fourth-order valence-electron chi connectivity index (χ4n) is 2.69. The summed E-state index contributed by atoms with van der Waals surface area (Å²) in [6.45, 7) is -0.478. The van der Waals surface area contributed by atoms with Crippen LogP contribution in [-0.2, 0) is 17.6 Å². The van der Waals surface area contributed by atoms with E-state index in [1.54, 1.807) is 6.07 Å². The van der Waals surface area contributed by atoms with E-state index in [-0.39, 0.29) is 5.78 Å². The van der Waals surface area contributed by atoms with Crippen LogP contribution in [0.25, 0.3) is 0 Å². The molecule has 0 amide bonds. The molecule has 0 spiro atoms. The molecule has 0 unspecified atom stereocenters. The summed E-state index contributed by atoms with van der Waals surface area (Å²) in [5.41, 5.74) is 2.46.